The molecule has 0 spiro atoms. The molecule has 0 bridgehead atoms. The third kappa shape index (κ3) is 4.17. The Hall–Kier alpha value is -2.20. The number of ether oxygens (including phenoxy) is 2. The Morgan fingerprint density at radius 3 is 2.43 bits per heavy atom. The topological polar surface area (TPSA) is 81.7 Å². The van der Waals surface area contributed by atoms with E-state index < -0.39 is 22.6 Å². The number of sulfonamides is 1. The minimum atomic E-state index is -4.02. The van der Waals surface area contributed by atoms with Gasteiger partial charge < -0.3 is 9.47 Å². The number of thiophene rings is 1. The molecule has 2 rings (SSSR count). The number of alkyl halides is 2. The lowest BCUT2D eigenvalue weighted by Gasteiger charge is -2.09. The predicted molar refractivity (Wildman–Crippen MR) is 79.5 cm³/mol. The molecule has 0 fully saturated rings. The van der Waals surface area contributed by atoms with Crippen LogP contribution in [0.3, 0.4) is 0 Å². The standard InChI is InChI=1S/C13H11F2NO5S2/c1-20-12(17)11-10(6-7-22-11)23(18,19)16-8-2-4-9(5-3-8)21-13(14)15/h2-7,13,16H,1H3. The van der Waals surface area contributed by atoms with Crippen LogP contribution in [0.2, 0.25) is 0 Å². The molecule has 0 radical (unpaired) electrons. The smallest absolute Gasteiger partial charge is 0.387 e. The highest BCUT2D eigenvalue weighted by atomic mass is 32.2. The maximum atomic E-state index is 12.3. The molecule has 1 heterocycles. The fraction of sp³-hybridized carbons (Fsp3) is 0.154. The SMILES string of the molecule is COC(=O)c1sccc1S(=O)(=O)Nc1ccc(OC(F)F)cc1. The molecule has 0 unspecified atom stereocenters. The summed E-state index contributed by atoms with van der Waals surface area (Å²) >= 11 is 0.932. The zero-order valence-electron chi connectivity index (χ0n) is 11.7. The van der Waals surface area contributed by atoms with Crippen molar-refractivity contribution in [2.24, 2.45) is 0 Å². The summed E-state index contributed by atoms with van der Waals surface area (Å²) in [4.78, 5) is 11.3. The molecule has 0 saturated carbocycles. The number of anilines is 1. The van der Waals surface area contributed by atoms with Gasteiger partial charge >= 0.3 is 12.6 Å². The number of hydrogen-bond donors (Lipinski definition) is 1. The van der Waals surface area contributed by atoms with Crippen LogP contribution in [0, 0.1) is 0 Å². The third-order valence-corrected chi connectivity index (χ3v) is 5.07. The third-order valence-electron chi connectivity index (χ3n) is 2.62. The van der Waals surface area contributed by atoms with Crippen molar-refractivity contribution < 1.29 is 31.5 Å². The van der Waals surface area contributed by atoms with Gasteiger partial charge in [0.05, 0.1) is 7.11 Å². The first-order valence-electron chi connectivity index (χ1n) is 6.07. The second-order valence-electron chi connectivity index (χ2n) is 4.11. The average molecular weight is 363 g/mol. The summed E-state index contributed by atoms with van der Waals surface area (Å²) in [5.41, 5.74) is 0.133. The van der Waals surface area contributed by atoms with Gasteiger partial charge in [-0.3, -0.25) is 4.72 Å². The summed E-state index contributed by atoms with van der Waals surface area (Å²) in [5.74, 6) is -0.866. The van der Waals surface area contributed by atoms with Crippen LogP contribution >= 0.6 is 11.3 Å². The van der Waals surface area contributed by atoms with Crippen LogP contribution in [0.15, 0.2) is 40.6 Å². The van der Waals surface area contributed by atoms with E-state index in [0.29, 0.717) is 0 Å². The van der Waals surface area contributed by atoms with Crippen molar-refractivity contribution in [3.8, 4) is 5.75 Å². The molecule has 0 aliphatic heterocycles. The Morgan fingerprint density at radius 2 is 1.87 bits per heavy atom. The van der Waals surface area contributed by atoms with Crippen molar-refractivity contribution in [2.75, 3.05) is 11.8 Å². The molecular formula is C13H11F2NO5S2. The maximum absolute atomic E-state index is 12.3. The summed E-state index contributed by atoms with van der Waals surface area (Å²) in [6.45, 7) is -2.97. The van der Waals surface area contributed by atoms with E-state index in [9.17, 15) is 22.0 Å². The summed E-state index contributed by atoms with van der Waals surface area (Å²) in [6.07, 6.45) is 0. The molecule has 10 heteroatoms. The van der Waals surface area contributed by atoms with E-state index >= 15 is 0 Å². The fourth-order valence-electron chi connectivity index (χ4n) is 1.67. The second-order valence-corrected chi connectivity index (χ2v) is 6.68. The molecule has 0 amide bonds. The van der Waals surface area contributed by atoms with Crippen LogP contribution in [-0.2, 0) is 14.8 Å². The van der Waals surface area contributed by atoms with E-state index in [-0.39, 0.29) is 21.2 Å². The van der Waals surface area contributed by atoms with Crippen LogP contribution in [-0.4, -0.2) is 28.1 Å². The molecule has 0 aliphatic rings. The van der Waals surface area contributed by atoms with Crippen LogP contribution in [0.5, 0.6) is 5.75 Å². The zero-order chi connectivity index (χ0) is 17.0. The minimum Gasteiger partial charge on any atom is -0.465 e. The van der Waals surface area contributed by atoms with Crippen LogP contribution in [0.1, 0.15) is 9.67 Å². The van der Waals surface area contributed by atoms with Crippen molar-refractivity contribution in [3.05, 3.63) is 40.6 Å². The molecule has 23 heavy (non-hydrogen) atoms. The van der Waals surface area contributed by atoms with Gasteiger partial charge in [0.1, 0.15) is 15.5 Å². The van der Waals surface area contributed by atoms with Gasteiger partial charge in [0, 0.05) is 5.69 Å². The first kappa shape index (κ1) is 17.2. The summed E-state index contributed by atoms with van der Waals surface area (Å²) < 4.78 is 59.7. The van der Waals surface area contributed by atoms with E-state index in [1.165, 1.54) is 35.7 Å². The highest BCUT2D eigenvalue weighted by Gasteiger charge is 2.24. The normalized spacial score (nSPS) is 11.3. The molecule has 1 N–H and O–H groups in total. The number of hydrogen-bond acceptors (Lipinski definition) is 6. The van der Waals surface area contributed by atoms with Crippen LogP contribution in [0.25, 0.3) is 0 Å². The van der Waals surface area contributed by atoms with Gasteiger partial charge in [0.25, 0.3) is 10.0 Å². The van der Waals surface area contributed by atoms with E-state index in [0.717, 1.165) is 18.4 Å². The number of carbonyl (C=O) groups excluding carboxylic acids is 1. The Kier molecular flexibility index (Phi) is 5.16. The molecule has 124 valence electrons. The lowest BCUT2D eigenvalue weighted by molar-refractivity contribution is -0.0498. The molecule has 1 aromatic carbocycles. The first-order valence-corrected chi connectivity index (χ1v) is 8.43. The molecule has 0 atom stereocenters. The first-order chi connectivity index (χ1) is 10.8. The number of nitrogens with one attached hydrogen (secondary N) is 1. The Bertz CT molecular complexity index is 787. The number of carbonyl (C=O) groups is 1. The summed E-state index contributed by atoms with van der Waals surface area (Å²) in [7, 11) is -2.87. The Labute approximate surface area is 134 Å². The van der Waals surface area contributed by atoms with E-state index in [4.69, 9.17) is 0 Å². The van der Waals surface area contributed by atoms with Gasteiger partial charge in [-0.25, -0.2) is 13.2 Å². The van der Waals surface area contributed by atoms with Crippen molar-refractivity contribution >= 4 is 33.0 Å². The van der Waals surface area contributed by atoms with Gasteiger partial charge in [0.2, 0.25) is 0 Å². The quantitative estimate of drug-likeness (QED) is 0.798. The summed E-state index contributed by atoms with van der Waals surface area (Å²) in [6, 6.07) is 6.18. The average Bonchev–Trinajstić information content (AvgIpc) is 2.98. The second kappa shape index (κ2) is 6.92. The molecular weight excluding hydrogens is 352 g/mol. The van der Waals surface area contributed by atoms with Crippen molar-refractivity contribution in [1.82, 2.24) is 0 Å². The Morgan fingerprint density at radius 1 is 1.22 bits per heavy atom. The van der Waals surface area contributed by atoms with Gasteiger partial charge in [-0.2, -0.15) is 8.78 Å². The number of benzene rings is 1. The van der Waals surface area contributed by atoms with Crippen molar-refractivity contribution in [3.63, 3.8) is 0 Å². The molecule has 1 aromatic heterocycles. The number of methoxy groups -OCH3 is 1. The maximum Gasteiger partial charge on any atom is 0.387 e. The number of halogens is 2. The van der Waals surface area contributed by atoms with Crippen molar-refractivity contribution in [1.29, 1.82) is 0 Å². The molecule has 0 saturated heterocycles. The van der Waals surface area contributed by atoms with Gasteiger partial charge in [-0.15, -0.1) is 11.3 Å². The highest BCUT2D eigenvalue weighted by Crippen LogP contribution is 2.26. The van der Waals surface area contributed by atoms with Crippen LogP contribution in [0.4, 0.5) is 14.5 Å². The van der Waals surface area contributed by atoms with E-state index in [1.807, 2.05) is 0 Å². The van der Waals surface area contributed by atoms with Gasteiger partial charge in [-0.1, -0.05) is 0 Å². The van der Waals surface area contributed by atoms with Gasteiger partial charge in [0.15, 0.2) is 0 Å². The molecule has 0 aliphatic carbocycles. The zero-order valence-corrected chi connectivity index (χ0v) is 13.3. The van der Waals surface area contributed by atoms with Crippen molar-refractivity contribution in [2.45, 2.75) is 11.5 Å². The monoisotopic (exact) mass is 363 g/mol. The lowest BCUT2D eigenvalue weighted by Crippen LogP contribution is -2.15. The number of rotatable bonds is 6. The van der Waals surface area contributed by atoms with Crippen LogP contribution < -0.4 is 9.46 Å². The number of esters is 1. The lowest BCUT2D eigenvalue weighted by atomic mass is 10.3. The Balaban J connectivity index is 2.22. The van der Waals surface area contributed by atoms with E-state index in [2.05, 4.69) is 14.2 Å². The fourth-order valence-corrected chi connectivity index (χ4v) is 4.06. The largest absolute Gasteiger partial charge is 0.465 e. The summed E-state index contributed by atoms with van der Waals surface area (Å²) in [5, 5.41) is 1.44. The highest BCUT2D eigenvalue weighted by molar-refractivity contribution is 7.93. The minimum absolute atomic E-state index is 0.0577. The van der Waals surface area contributed by atoms with Gasteiger partial charge in [-0.05, 0) is 35.7 Å². The molecule has 2 aromatic rings. The predicted octanol–water partition coefficient (Wildman–Crippen LogP) is 2.94. The molecule has 6 nitrogen and oxygen atoms in total. The van der Waals surface area contributed by atoms with E-state index in [1.54, 1.807) is 0 Å².